The quantitative estimate of drug-likeness (QED) is 0.642. The topological polar surface area (TPSA) is 49.0 Å². The Hall–Kier alpha value is -0.200. The minimum absolute atomic E-state index is 0.294. The molecular weight excluding hydrogens is 222 g/mol. The molecule has 0 aromatic carbocycles. The standard InChI is InChI=1S/C12H25NO4/c1-12(2)16-9-11(10-17-12)13-5-4-6-15-8-7-14-3/h11,13H,4-10H2,1-3H3. The van der Waals surface area contributed by atoms with Crippen molar-refractivity contribution in [3.63, 3.8) is 0 Å². The van der Waals surface area contributed by atoms with Crippen molar-refractivity contribution >= 4 is 0 Å². The second-order valence-electron chi connectivity index (χ2n) is 4.63. The van der Waals surface area contributed by atoms with Gasteiger partial charge in [-0.25, -0.2) is 0 Å². The average Bonchev–Trinajstić information content (AvgIpc) is 2.30. The third kappa shape index (κ3) is 6.95. The summed E-state index contributed by atoms with van der Waals surface area (Å²) in [6.45, 7) is 8.29. The van der Waals surface area contributed by atoms with E-state index < -0.39 is 5.79 Å². The van der Waals surface area contributed by atoms with E-state index in [4.69, 9.17) is 18.9 Å². The van der Waals surface area contributed by atoms with Crippen molar-refractivity contribution in [1.82, 2.24) is 5.32 Å². The molecule has 0 radical (unpaired) electrons. The maximum atomic E-state index is 5.56. The van der Waals surface area contributed by atoms with Crippen molar-refractivity contribution < 1.29 is 18.9 Å². The Kier molecular flexibility index (Phi) is 6.99. The normalized spacial score (nSPS) is 20.6. The molecule has 1 aliphatic heterocycles. The molecule has 0 aliphatic carbocycles. The Balaban J connectivity index is 1.90. The third-order valence-corrected chi connectivity index (χ3v) is 2.59. The monoisotopic (exact) mass is 247 g/mol. The van der Waals surface area contributed by atoms with E-state index >= 15 is 0 Å². The fourth-order valence-corrected chi connectivity index (χ4v) is 1.53. The molecule has 0 saturated carbocycles. The summed E-state index contributed by atoms with van der Waals surface area (Å²) in [5.74, 6) is -0.429. The molecule has 1 aliphatic rings. The molecule has 0 aromatic heterocycles. The minimum atomic E-state index is -0.429. The van der Waals surface area contributed by atoms with Gasteiger partial charge in [0.05, 0.1) is 32.5 Å². The summed E-state index contributed by atoms with van der Waals surface area (Å²) in [5.41, 5.74) is 0. The summed E-state index contributed by atoms with van der Waals surface area (Å²) in [7, 11) is 1.68. The van der Waals surface area contributed by atoms with Gasteiger partial charge in [-0.1, -0.05) is 0 Å². The largest absolute Gasteiger partial charge is 0.382 e. The number of ether oxygens (including phenoxy) is 4. The SMILES string of the molecule is COCCOCCCNC1COC(C)(C)OC1. The molecule has 102 valence electrons. The zero-order chi connectivity index (χ0) is 12.6. The van der Waals surface area contributed by atoms with Crippen LogP contribution in [0, 0.1) is 0 Å². The summed E-state index contributed by atoms with van der Waals surface area (Å²) in [4.78, 5) is 0. The van der Waals surface area contributed by atoms with Gasteiger partial charge in [0.2, 0.25) is 0 Å². The van der Waals surface area contributed by atoms with Gasteiger partial charge in [0.25, 0.3) is 0 Å². The lowest BCUT2D eigenvalue weighted by Gasteiger charge is -2.35. The van der Waals surface area contributed by atoms with Crippen molar-refractivity contribution in [3.05, 3.63) is 0 Å². The van der Waals surface area contributed by atoms with E-state index in [1.54, 1.807) is 7.11 Å². The van der Waals surface area contributed by atoms with Crippen LogP contribution >= 0.6 is 0 Å². The second-order valence-corrected chi connectivity index (χ2v) is 4.63. The first-order valence-corrected chi connectivity index (χ1v) is 6.22. The van der Waals surface area contributed by atoms with Crippen molar-refractivity contribution in [2.24, 2.45) is 0 Å². The lowest BCUT2D eigenvalue weighted by molar-refractivity contribution is -0.252. The summed E-state index contributed by atoms with van der Waals surface area (Å²) < 4.78 is 21.4. The lowest BCUT2D eigenvalue weighted by Crippen LogP contribution is -2.48. The van der Waals surface area contributed by atoms with Crippen LogP contribution in [0.5, 0.6) is 0 Å². The molecule has 1 rings (SSSR count). The minimum Gasteiger partial charge on any atom is -0.382 e. The van der Waals surface area contributed by atoms with Crippen LogP contribution in [0.15, 0.2) is 0 Å². The van der Waals surface area contributed by atoms with E-state index in [2.05, 4.69) is 5.32 Å². The van der Waals surface area contributed by atoms with Crippen LogP contribution in [-0.4, -0.2) is 58.5 Å². The number of rotatable bonds is 8. The summed E-state index contributed by atoms with van der Waals surface area (Å²) in [6.07, 6.45) is 0.990. The van der Waals surface area contributed by atoms with Gasteiger partial charge in [0.1, 0.15) is 0 Å². The average molecular weight is 247 g/mol. The molecule has 0 amide bonds. The van der Waals surface area contributed by atoms with Gasteiger partial charge in [-0.05, 0) is 26.8 Å². The zero-order valence-corrected chi connectivity index (χ0v) is 11.2. The van der Waals surface area contributed by atoms with Crippen LogP contribution in [0.3, 0.4) is 0 Å². The molecule has 1 fully saturated rings. The summed E-state index contributed by atoms with van der Waals surface area (Å²) in [5, 5.41) is 3.39. The molecule has 0 bridgehead atoms. The van der Waals surface area contributed by atoms with Crippen LogP contribution in [0.1, 0.15) is 20.3 Å². The van der Waals surface area contributed by atoms with Gasteiger partial charge >= 0.3 is 0 Å². The van der Waals surface area contributed by atoms with Crippen LogP contribution in [0.4, 0.5) is 0 Å². The maximum absolute atomic E-state index is 5.56. The van der Waals surface area contributed by atoms with Gasteiger partial charge in [0, 0.05) is 13.7 Å². The van der Waals surface area contributed by atoms with E-state index in [-0.39, 0.29) is 0 Å². The van der Waals surface area contributed by atoms with E-state index in [0.717, 1.165) is 19.6 Å². The van der Waals surface area contributed by atoms with Gasteiger partial charge in [-0.2, -0.15) is 0 Å². The van der Waals surface area contributed by atoms with Crippen molar-refractivity contribution in [1.29, 1.82) is 0 Å². The first-order chi connectivity index (χ1) is 8.14. The van der Waals surface area contributed by atoms with Gasteiger partial charge in [0.15, 0.2) is 5.79 Å². The predicted molar refractivity (Wildman–Crippen MR) is 65.1 cm³/mol. The Bertz CT molecular complexity index is 189. The zero-order valence-electron chi connectivity index (χ0n) is 11.2. The van der Waals surface area contributed by atoms with Crippen molar-refractivity contribution in [2.75, 3.05) is 46.7 Å². The molecule has 1 N–H and O–H groups in total. The lowest BCUT2D eigenvalue weighted by atomic mass is 10.2. The Labute approximate surface area is 104 Å². The third-order valence-electron chi connectivity index (χ3n) is 2.59. The molecular formula is C12H25NO4. The Morgan fingerprint density at radius 1 is 1.18 bits per heavy atom. The van der Waals surface area contributed by atoms with E-state index in [0.29, 0.717) is 32.5 Å². The van der Waals surface area contributed by atoms with E-state index in [1.807, 2.05) is 13.8 Å². The molecule has 0 atom stereocenters. The van der Waals surface area contributed by atoms with Gasteiger partial charge in [-0.3, -0.25) is 0 Å². The Morgan fingerprint density at radius 3 is 2.53 bits per heavy atom. The number of hydrogen-bond acceptors (Lipinski definition) is 5. The van der Waals surface area contributed by atoms with Gasteiger partial charge < -0.3 is 24.3 Å². The van der Waals surface area contributed by atoms with Gasteiger partial charge in [-0.15, -0.1) is 0 Å². The predicted octanol–water partition coefficient (Wildman–Crippen LogP) is 0.781. The molecule has 17 heavy (non-hydrogen) atoms. The first-order valence-electron chi connectivity index (χ1n) is 6.22. The van der Waals surface area contributed by atoms with Crippen LogP contribution < -0.4 is 5.32 Å². The van der Waals surface area contributed by atoms with Crippen LogP contribution in [0.2, 0.25) is 0 Å². The number of methoxy groups -OCH3 is 1. The molecule has 0 aromatic rings. The molecule has 1 heterocycles. The first kappa shape index (κ1) is 14.9. The highest BCUT2D eigenvalue weighted by molar-refractivity contribution is 4.72. The van der Waals surface area contributed by atoms with Crippen LogP contribution in [0.25, 0.3) is 0 Å². The second kappa shape index (κ2) is 8.00. The highest BCUT2D eigenvalue weighted by Gasteiger charge is 2.27. The van der Waals surface area contributed by atoms with E-state index in [1.165, 1.54) is 0 Å². The maximum Gasteiger partial charge on any atom is 0.162 e. The highest BCUT2D eigenvalue weighted by atomic mass is 16.7. The molecule has 5 nitrogen and oxygen atoms in total. The Morgan fingerprint density at radius 2 is 1.88 bits per heavy atom. The van der Waals surface area contributed by atoms with Crippen molar-refractivity contribution in [3.8, 4) is 0 Å². The highest BCUT2D eigenvalue weighted by Crippen LogP contribution is 2.16. The summed E-state index contributed by atoms with van der Waals surface area (Å²) in [6, 6.07) is 0.294. The molecule has 5 heteroatoms. The van der Waals surface area contributed by atoms with Crippen molar-refractivity contribution in [2.45, 2.75) is 32.1 Å². The number of nitrogens with one attached hydrogen (secondary N) is 1. The van der Waals surface area contributed by atoms with Crippen LogP contribution in [-0.2, 0) is 18.9 Å². The molecule has 1 saturated heterocycles. The molecule has 0 spiro atoms. The summed E-state index contributed by atoms with van der Waals surface area (Å²) >= 11 is 0. The van der Waals surface area contributed by atoms with E-state index in [9.17, 15) is 0 Å². The number of hydrogen-bond donors (Lipinski definition) is 1. The smallest absolute Gasteiger partial charge is 0.162 e. The fourth-order valence-electron chi connectivity index (χ4n) is 1.53. The fraction of sp³-hybridized carbons (Fsp3) is 1.00. The molecule has 0 unspecified atom stereocenters.